The first-order chi connectivity index (χ1) is 28.9. The normalized spacial score (nSPS) is 41.4. The number of carbonyl (C=O) groups excluding carboxylic acids is 4. The van der Waals surface area contributed by atoms with E-state index in [9.17, 15) is 29.4 Å². The van der Waals surface area contributed by atoms with Crippen LogP contribution in [0, 0.1) is 45.3 Å². The largest absolute Gasteiger partial charge is 0.459 e. The number of hydrogen-bond acceptors (Lipinski definition) is 13. The SMILES string of the molecule is CCC(C)(C)C(=O)OC(C)(C)C12CC3CC(CC(C3)C1)C2.CCC(C)(C)C(=O)OC12CC3CC(O)(CC(O)(C3)C1)C2.CCC(C)(C)C(=O)OC1C(=O)OC2C3OC(C)(C)OC3OC12. The maximum atomic E-state index is 12.6. The average Bonchev–Trinajstić information content (AvgIpc) is 3.74. The first-order valence-corrected chi connectivity index (χ1v) is 24.3. The minimum absolute atomic E-state index is 0.00857. The van der Waals surface area contributed by atoms with E-state index in [0.717, 1.165) is 49.9 Å². The zero-order valence-corrected chi connectivity index (χ0v) is 40.7. The summed E-state index contributed by atoms with van der Waals surface area (Å²) >= 11 is 0. The summed E-state index contributed by atoms with van der Waals surface area (Å²) in [7, 11) is 0. The van der Waals surface area contributed by atoms with Gasteiger partial charge < -0.3 is 43.4 Å². The number of aliphatic hydroxyl groups is 2. The highest BCUT2D eigenvalue weighted by Gasteiger charge is 2.66. The topological polar surface area (TPSA) is 173 Å². The van der Waals surface area contributed by atoms with Crippen LogP contribution in [0.5, 0.6) is 0 Å². The zero-order chi connectivity index (χ0) is 46.6. The number of carbonyl (C=O) groups is 4. The average molecular weight is 889 g/mol. The molecule has 3 saturated heterocycles. The van der Waals surface area contributed by atoms with E-state index in [2.05, 4.69) is 20.8 Å². The van der Waals surface area contributed by atoms with Crippen LogP contribution in [-0.4, -0.2) is 93.0 Å². The van der Waals surface area contributed by atoms with Crippen molar-refractivity contribution in [2.75, 3.05) is 0 Å². The molecule has 0 amide bonds. The second kappa shape index (κ2) is 16.2. The van der Waals surface area contributed by atoms with Crippen molar-refractivity contribution in [3.05, 3.63) is 0 Å². The third-order valence-electron chi connectivity index (χ3n) is 17.3. The standard InChI is InChI=1S/C19H32O2.C16H26O4.C15H22O7/c1-6-17(2,3)16(20)21-18(4,5)19-10-13-7-14(11-19)9-15(8-13)12-19;1-4-13(2,3)12(17)20-16-7-11-5-14(18,9-16)8-15(19,6-11)10-16;1-6-14(2,3)13(17)20-9-7-8(18-11(9)16)10-12(19-7)22-15(4,5)21-10/h13-15H,6-12H2,1-5H3;11,18-19H,4-10H2,1-3H3;7-10,12H,6H2,1-5H3. The smallest absolute Gasteiger partial charge is 0.350 e. The van der Waals surface area contributed by atoms with Crippen LogP contribution in [0.4, 0.5) is 0 Å². The molecule has 3 aliphatic heterocycles. The Hall–Kier alpha value is -2.32. The van der Waals surface area contributed by atoms with Crippen molar-refractivity contribution < 1.29 is 62.5 Å². The number of ether oxygens (including phenoxy) is 7. The van der Waals surface area contributed by atoms with Crippen LogP contribution in [0.1, 0.15) is 186 Å². The summed E-state index contributed by atoms with van der Waals surface area (Å²) in [5.74, 6) is 0.933. The van der Waals surface area contributed by atoms with Crippen LogP contribution < -0.4 is 0 Å². The Bertz CT molecular complexity index is 1720. The summed E-state index contributed by atoms with van der Waals surface area (Å²) in [6.07, 6.45) is 10.5. The van der Waals surface area contributed by atoms with E-state index in [1.807, 2.05) is 41.5 Å². The molecule has 8 aliphatic carbocycles. The van der Waals surface area contributed by atoms with E-state index in [1.165, 1.54) is 38.5 Å². The fourth-order valence-electron chi connectivity index (χ4n) is 13.1. The van der Waals surface area contributed by atoms with Gasteiger partial charge in [-0.25, -0.2) is 4.79 Å². The molecule has 0 spiro atoms. The molecule has 3 heterocycles. The van der Waals surface area contributed by atoms with E-state index in [1.54, 1.807) is 27.7 Å². The van der Waals surface area contributed by atoms with Crippen molar-refractivity contribution in [3.63, 3.8) is 0 Å². The van der Waals surface area contributed by atoms with Gasteiger partial charge in [0.2, 0.25) is 6.10 Å². The van der Waals surface area contributed by atoms with Crippen LogP contribution >= 0.6 is 0 Å². The summed E-state index contributed by atoms with van der Waals surface area (Å²) in [4.78, 5) is 49.2. The lowest BCUT2D eigenvalue weighted by Crippen LogP contribution is -2.67. The molecule has 2 N–H and O–H groups in total. The van der Waals surface area contributed by atoms with Crippen LogP contribution in [0.3, 0.4) is 0 Å². The van der Waals surface area contributed by atoms with Crippen molar-refractivity contribution in [2.24, 2.45) is 45.3 Å². The Balaban J connectivity index is 0.000000142. The molecule has 0 radical (unpaired) electrons. The summed E-state index contributed by atoms with van der Waals surface area (Å²) in [6.45, 7) is 25.2. The monoisotopic (exact) mass is 889 g/mol. The van der Waals surface area contributed by atoms with E-state index in [4.69, 9.17) is 33.2 Å². The molecule has 11 aliphatic rings. The summed E-state index contributed by atoms with van der Waals surface area (Å²) in [5, 5.41) is 21.3. The molecule has 358 valence electrons. The molecule has 0 aromatic carbocycles. The van der Waals surface area contributed by atoms with Gasteiger partial charge in [0, 0.05) is 24.7 Å². The predicted octanol–water partition coefficient (Wildman–Crippen LogP) is 8.26. The van der Waals surface area contributed by atoms with Crippen LogP contribution in [0.2, 0.25) is 0 Å². The third-order valence-corrected chi connectivity index (χ3v) is 17.3. The van der Waals surface area contributed by atoms with Crippen molar-refractivity contribution in [3.8, 4) is 0 Å². The van der Waals surface area contributed by atoms with E-state index >= 15 is 0 Å². The lowest BCUT2D eigenvalue weighted by molar-refractivity contribution is -0.264. The van der Waals surface area contributed by atoms with Gasteiger partial charge in [0.1, 0.15) is 17.3 Å². The summed E-state index contributed by atoms with van der Waals surface area (Å²) < 4.78 is 39.7. The molecule has 7 unspecified atom stereocenters. The molecular formula is C50H80O13. The number of fused-ring (bicyclic) bond motifs is 3. The lowest BCUT2D eigenvalue weighted by Gasteiger charge is -2.62. The Morgan fingerprint density at radius 1 is 0.635 bits per heavy atom. The van der Waals surface area contributed by atoms with Gasteiger partial charge >= 0.3 is 23.9 Å². The Morgan fingerprint density at radius 2 is 1.13 bits per heavy atom. The zero-order valence-electron chi connectivity index (χ0n) is 40.7. The molecule has 13 nitrogen and oxygen atoms in total. The second-order valence-corrected chi connectivity index (χ2v) is 24.6. The van der Waals surface area contributed by atoms with Crippen LogP contribution in [-0.2, 0) is 52.3 Å². The molecule has 8 saturated carbocycles. The fraction of sp³-hybridized carbons (Fsp3) is 0.920. The predicted molar refractivity (Wildman–Crippen MR) is 231 cm³/mol. The summed E-state index contributed by atoms with van der Waals surface area (Å²) in [6, 6.07) is 0. The highest BCUT2D eigenvalue weighted by molar-refractivity contribution is 5.84. The van der Waals surface area contributed by atoms with Gasteiger partial charge in [-0.1, -0.05) is 20.8 Å². The Labute approximate surface area is 376 Å². The van der Waals surface area contributed by atoms with Gasteiger partial charge in [0.25, 0.3) is 0 Å². The Morgan fingerprint density at radius 3 is 1.62 bits per heavy atom. The first-order valence-electron chi connectivity index (χ1n) is 24.3. The maximum Gasteiger partial charge on any atom is 0.350 e. The highest BCUT2D eigenvalue weighted by atomic mass is 16.9. The minimum atomic E-state index is -1.07. The second-order valence-electron chi connectivity index (χ2n) is 24.6. The third kappa shape index (κ3) is 9.36. The minimum Gasteiger partial charge on any atom is -0.459 e. The van der Waals surface area contributed by atoms with Gasteiger partial charge in [-0.05, 0) is 170 Å². The molecule has 0 aromatic rings. The number of esters is 4. The molecule has 11 rings (SSSR count). The quantitative estimate of drug-likeness (QED) is 0.159. The van der Waals surface area contributed by atoms with Crippen molar-refractivity contribution >= 4 is 23.9 Å². The molecule has 11 fully saturated rings. The molecule has 7 atom stereocenters. The van der Waals surface area contributed by atoms with Crippen molar-refractivity contribution in [1.82, 2.24) is 0 Å². The number of hydrogen-bond donors (Lipinski definition) is 2. The van der Waals surface area contributed by atoms with Crippen LogP contribution in [0.15, 0.2) is 0 Å². The molecule has 8 bridgehead atoms. The van der Waals surface area contributed by atoms with Gasteiger partial charge in [-0.3, -0.25) is 14.4 Å². The number of rotatable bonds is 10. The van der Waals surface area contributed by atoms with E-state index in [-0.39, 0.29) is 34.3 Å². The van der Waals surface area contributed by atoms with Crippen molar-refractivity contribution in [1.29, 1.82) is 0 Å². The van der Waals surface area contributed by atoms with E-state index < -0.39 is 76.1 Å². The first kappa shape index (κ1) is 48.6. The van der Waals surface area contributed by atoms with Gasteiger partial charge in [-0.15, -0.1) is 0 Å². The van der Waals surface area contributed by atoms with Crippen LogP contribution in [0.25, 0.3) is 0 Å². The maximum absolute atomic E-state index is 12.6. The lowest BCUT2D eigenvalue weighted by atomic mass is 9.46. The molecular weight excluding hydrogens is 809 g/mol. The fourth-order valence-corrected chi connectivity index (χ4v) is 13.1. The highest BCUT2D eigenvalue weighted by Crippen LogP contribution is 2.65. The molecule has 0 aromatic heterocycles. The van der Waals surface area contributed by atoms with Gasteiger partial charge in [0.05, 0.1) is 27.4 Å². The summed E-state index contributed by atoms with van der Waals surface area (Å²) in [5.41, 5.74) is -3.92. The van der Waals surface area contributed by atoms with E-state index in [0.29, 0.717) is 25.7 Å². The van der Waals surface area contributed by atoms with Gasteiger partial charge in [0.15, 0.2) is 24.3 Å². The van der Waals surface area contributed by atoms with Crippen molar-refractivity contribution in [2.45, 2.75) is 245 Å². The molecule has 63 heavy (non-hydrogen) atoms. The Kier molecular flexibility index (Phi) is 12.5. The molecule has 13 heteroatoms. The van der Waals surface area contributed by atoms with Gasteiger partial charge in [-0.2, -0.15) is 0 Å².